The van der Waals surface area contributed by atoms with Crippen molar-refractivity contribution in [1.82, 2.24) is 4.98 Å². The van der Waals surface area contributed by atoms with Crippen LogP contribution in [-0.4, -0.2) is 18.0 Å². The van der Waals surface area contributed by atoms with E-state index in [-0.39, 0.29) is 11.8 Å². The molecule has 0 saturated carbocycles. The summed E-state index contributed by atoms with van der Waals surface area (Å²) >= 11 is 12.3. The number of rotatable bonds is 4. The van der Waals surface area contributed by atoms with E-state index in [9.17, 15) is 4.79 Å². The van der Waals surface area contributed by atoms with E-state index in [1.54, 1.807) is 30.3 Å². The molecule has 7 heteroatoms. The Hall–Kier alpha value is -2.24. The first-order chi connectivity index (χ1) is 11.9. The van der Waals surface area contributed by atoms with Crippen LogP contribution < -0.4 is 10.1 Å². The van der Waals surface area contributed by atoms with Crippen LogP contribution in [-0.2, 0) is 4.79 Å². The van der Waals surface area contributed by atoms with Crippen LogP contribution in [0.15, 0.2) is 34.7 Å². The van der Waals surface area contributed by atoms with Gasteiger partial charge in [-0.2, -0.15) is 0 Å². The summed E-state index contributed by atoms with van der Waals surface area (Å²) in [5, 5.41) is 3.58. The molecule has 1 amide bonds. The molecule has 2 aromatic carbocycles. The van der Waals surface area contributed by atoms with Crippen molar-refractivity contribution < 1.29 is 13.9 Å². The van der Waals surface area contributed by atoms with Gasteiger partial charge in [-0.25, -0.2) is 4.98 Å². The van der Waals surface area contributed by atoms with Crippen LogP contribution in [0.4, 0.5) is 5.69 Å². The molecular formula is C18H16Cl2N2O3. The summed E-state index contributed by atoms with van der Waals surface area (Å²) in [6.07, 6.45) is 0. The first-order valence-corrected chi connectivity index (χ1v) is 8.39. The summed E-state index contributed by atoms with van der Waals surface area (Å²) in [5.41, 5.74) is 2.52. The maximum absolute atomic E-state index is 11.8. The standard InChI is InChI=1S/C18H16Cl2N2O3/c1-9(2)17(23)21-11-4-5-15-14(8-11)22-18(25-15)10-6-12(19)16(24-3)13(20)7-10/h4-9H,1-3H3,(H,21,23). The van der Waals surface area contributed by atoms with Crippen molar-refractivity contribution in [2.45, 2.75) is 13.8 Å². The topological polar surface area (TPSA) is 64.4 Å². The molecular weight excluding hydrogens is 363 g/mol. The molecule has 25 heavy (non-hydrogen) atoms. The van der Waals surface area contributed by atoms with Gasteiger partial charge in [0.2, 0.25) is 11.8 Å². The van der Waals surface area contributed by atoms with Crippen LogP contribution in [0.5, 0.6) is 5.75 Å². The molecule has 0 atom stereocenters. The Kier molecular flexibility index (Phi) is 4.88. The lowest BCUT2D eigenvalue weighted by Crippen LogP contribution is -2.17. The van der Waals surface area contributed by atoms with E-state index in [2.05, 4.69) is 10.3 Å². The number of halogens is 2. The third-order valence-electron chi connectivity index (χ3n) is 3.63. The van der Waals surface area contributed by atoms with E-state index in [4.69, 9.17) is 32.4 Å². The van der Waals surface area contributed by atoms with Crippen molar-refractivity contribution in [1.29, 1.82) is 0 Å². The molecule has 1 N–H and O–H groups in total. The molecule has 0 spiro atoms. The number of carbonyl (C=O) groups is 1. The number of amides is 1. The number of carbonyl (C=O) groups excluding carboxylic acids is 1. The monoisotopic (exact) mass is 378 g/mol. The Morgan fingerprint density at radius 1 is 1.20 bits per heavy atom. The van der Waals surface area contributed by atoms with Gasteiger partial charge < -0.3 is 14.5 Å². The largest absolute Gasteiger partial charge is 0.494 e. The quantitative estimate of drug-likeness (QED) is 0.659. The third-order valence-corrected chi connectivity index (χ3v) is 4.19. The summed E-state index contributed by atoms with van der Waals surface area (Å²) in [6, 6.07) is 8.65. The second-order valence-corrected chi connectivity index (χ2v) is 6.63. The number of hydrogen-bond acceptors (Lipinski definition) is 4. The molecule has 3 aromatic rings. The molecule has 1 heterocycles. The molecule has 0 radical (unpaired) electrons. The summed E-state index contributed by atoms with van der Waals surface area (Å²) in [5.74, 6) is 0.625. The Balaban J connectivity index is 1.98. The molecule has 0 aliphatic heterocycles. The predicted octanol–water partition coefficient (Wildman–Crippen LogP) is 5.40. The molecule has 0 unspecified atom stereocenters. The second kappa shape index (κ2) is 6.94. The van der Waals surface area contributed by atoms with Gasteiger partial charge in [0.05, 0.1) is 17.2 Å². The van der Waals surface area contributed by atoms with E-state index in [0.29, 0.717) is 44.0 Å². The van der Waals surface area contributed by atoms with Crippen LogP contribution in [0, 0.1) is 5.92 Å². The van der Waals surface area contributed by atoms with Gasteiger partial charge in [0.15, 0.2) is 11.3 Å². The molecule has 5 nitrogen and oxygen atoms in total. The number of oxazole rings is 1. The molecule has 0 aliphatic rings. The maximum Gasteiger partial charge on any atom is 0.227 e. The van der Waals surface area contributed by atoms with Crippen molar-refractivity contribution in [2.24, 2.45) is 5.92 Å². The first-order valence-electron chi connectivity index (χ1n) is 7.64. The number of benzene rings is 2. The van der Waals surface area contributed by atoms with Gasteiger partial charge in [-0.1, -0.05) is 37.0 Å². The van der Waals surface area contributed by atoms with Crippen molar-refractivity contribution in [3.63, 3.8) is 0 Å². The lowest BCUT2D eigenvalue weighted by atomic mass is 10.2. The summed E-state index contributed by atoms with van der Waals surface area (Å²) in [4.78, 5) is 16.3. The van der Waals surface area contributed by atoms with E-state index in [1.807, 2.05) is 13.8 Å². The molecule has 1 aromatic heterocycles. The number of methoxy groups -OCH3 is 1. The van der Waals surface area contributed by atoms with Crippen molar-refractivity contribution >= 4 is 45.9 Å². The van der Waals surface area contributed by atoms with Gasteiger partial charge in [0, 0.05) is 17.2 Å². The summed E-state index contributed by atoms with van der Waals surface area (Å²) in [7, 11) is 1.50. The number of fused-ring (bicyclic) bond motifs is 1. The Morgan fingerprint density at radius 3 is 2.48 bits per heavy atom. The minimum Gasteiger partial charge on any atom is -0.494 e. The van der Waals surface area contributed by atoms with Gasteiger partial charge in [-0.15, -0.1) is 0 Å². The zero-order chi connectivity index (χ0) is 18.1. The highest BCUT2D eigenvalue weighted by Gasteiger charge is 2.15. The third kappa shape index (κ3) is 3.57. The fourth-order valence-electron chi connectivity index (χ4n) is 2.29. The lowest BCUT2D eigenvalue weighted by molar-refractivity contribution is -0.118. The minimum atomic E-state index is -0.104. The number of anilines is 1. The van der Waals surface area contributed by atoms with Crippen LogP contribution >= 0.6 is 23.2 Å². The molecule has 0 fully saturated rings. The van der Waals surface area contributed by atoms with Gasteiger partial charge in [-0.3, -0.25) is 4.79 Å². The predicted molar refractivity (Wildman–Crippen MR) is 99.5 cm³/mol. The fraction of sp³-hybridized carbons (Fsp3) is 0.222. The van der Waals surface area contributed by atoms with Gasteiger partial charge in [-0.05, 0) is 30.3 Å². The molecule has 0 saturated heterocycles. The van der Waals surface area contributed by atoms with E-state index in [0.717, 1.165) is 0 Å². The van der Waals surface area contributed by atoms with E-state index >= 15 is 0 Å². The summed E-state index contributed by atoms with van der Waals surface area (Å²) < 4.78 is 10.9. The Labute approximate surface area is 154 Å². The normalized spacial score (nSPS) is 11.1. The van der Waals surface area contributed by atoms with Crippen molar-refractivity contribution in [2.75, 3.05) is 12.4 Å². The molecule has 3 rings (SSSR count). The van der Waals surface area contributed by atoms with Gasteiger partial charge >= 0.3 is 0 Å². The van der Waals surface area contributed by atoms with Gasteiger partial charge in [0.1, 0.15) is 5.52 Å². The minimum absolute atomic E-state index is 0.0585. The van der Waals surface area contributed by atoms with E-state index in [1.165, 1.54) is 7.11 Å². The zero-order valence-corrected chi connectivity index (χ0v) is 15.4. The Bertz CT molecular complexity index is 928. The average molecular weight is 379 g/mol. The number of hydrogen-bond donors (Lipinski definition) is 1. The number of aromatic nitrogens is 1. The van der Waals surface area contributed by atoms with Crippen molar-refractivity contribution in [3.8, 4) is 17.2 Å². The smallest absolute Gasteiger partial charge is 0.227 e. The molecule has 0 bridgehead atoms. The first kappa shape index (κ1) is 17.6. The lowest BCUT2D eigenvalue weighted by Gasteiger charge is -2.06. The number of ether oxygens (including phenoxy) is 1. The summed E-state index contributed by atoms with van der Waals surface area (Å²) in [6.45, 7) is 3.67. The molecule has 0 aliphatic carbocycles. The number of nitrogens with one attached hydrogen (secondary N) is 1. The average Bonchev–Trinajstić information content (AvgIpc) is 2.97. The Morgan fingerprint density at radius 2 is 1.88 bits per heavy atom. The maximum atomic E-state index is 11.8. The highest BCUT2D eigenvalue weighted by molar-refractivity contribution is 6.37. The van der Waals surface area contributed by atoms with Crippen LogP contribution in [0.25, 0.3) is 22.6 Å². The highest BCUT2D eigenvalue weighted by atomic mass is 35.5. The highest BCUT2D eigenvalue weighted by Crippen LogP contribution is 2.37. The van der Waals surface area contributed by atoms with E-state index < -0.39 is 0 Å². The van der Waals surface area contributed by atoms with Gasteiger partial charge in [0.25, 0.3) is 0 Å². The van der Waals surface area contributed by atoms with Crippen molar-refractivity contribution in [3.05, 3.63) is 40.4 Å². The van der Waals surface area contributed by atoms with Crippen LogP contribution in [0.2, 0.25) is 10.0 Å². The van der Waals surface area contributed by atoms with Crippen LogP contribution in [0.1, 0.15) is 13.8 Å². The SMILES string of the molecule is COc1c(Cl)cc(-c2nc3cc(NC(=O)C(C)C)ccc3o2)cc1Cl. The second-order valence-electron chi connectivity index (χ2n) is 5.82. The molecule has 130 valence electrons. The zero-order valence-electron chi connectivity index (χ0n) is 13.9. The fourth-order valence-corrected chi connectivity index (χ4v) is 2.93. The van der Waals surface area contributed by atoms with Crippen LogP contribution in [0.3, 0.4) is 0 Å². The number of nitrogens with zero attached hydrogens (tertiary/aromatic N) is 1.